The van der Waals surface area contributed by atoms with E-state index in [9.17, 15) is 0 Å². The molecule has 1 aliphatic heterocycles. The number of hydrogen-bond acceptors (Lipinski definition) is 4. The number of anilines is 3. The van der Waals surface area contributed by atoms with E-state index in [-0.39, 0.29) is 0 Å². The van der Waals surface area contributed by atoms with Gasteiger partial charge < -0.3 is 9.47 Å². The van der Waals surface area contributed by atoms with Crippen LogP contribution in [-0.4, -0.2) is 19.5 Å². The molecule has 12 aromatic rings. The Hall–Kier alpha value is -8.67. The Morgan fingerprint density at radius 1 is 0.297 bits per heavy atom. The van der Waals surface area contributed by atoms with Crippen molar-refractivity contribution in [2.45, 2.75) is 0 Å². The Morgan fingerprint density at radius 3 is 1.69 bits per heavy atom. The Kier molecular flexibility index (Phi) is 8.15. The highest BCUT2D eigenvalue weighted by molar-refractivity contribution is 6.17. The smallest absolute Gasteiger partial charge is 0.164 e. The maximum absolute atomic E-state index is 5.42. The third-order valence-corrected chi connectivity index (χ3v) is 12.7. The van der Waals surface area contributed by atoms with Gasteiger partial charge in [-0.2, -0.15) is 0 Å². The van der Waals surface area contributed by atoms with Crippen LogP contribution in [-0.2, 0) is 0 Å². The molecule has 13 rings (SSSR count). The van der Waals surface area contributed by atoms with Crippen molar-refractivity contribution >= 4 is 60.4 Å². The van der Waals surface area contributed by atoms with Crippen molar-refractivity contribution in [1.82, 2.24) is 19.5 Å². The van der Waals surface area contributed by atoms with E-state index in [4.69, 9.17) is 15.0 Å². The number of nitrogens with zero attached hydrogens (tertiary/aromatic N) is 5. The molecule has 0 aliphatic carbocycles. The molecule has 0 radical (unpaired) electrons. The second-order valence-electron chi connectivity index (χ2n) is 16.4. The quantitative estimate of drug-likeness (QED) is 0.168. The highest BCUT2D eigenvalue weighted by atomic mass is 15.2. The lowest BCUT2D eigenvalue weighted by Crippen LogP contribution is -2.15. The Morgan fingerprint density at radius 2 is 0.859 bits per heavy atom. The molecule has 0 saturated heterocycles. The first-order chi connectivity index (χ1) is 31.7. The number of rotatable bonds is 6. The summed E-state index contributed by atoms with van der Waals surface area (Å²) in [5.74, 6) is 1.83. The zero-order chi connectivity index (χ0) is 42.1. The molecule has 5 nitrogen and oxygen atoms in total. The van der Waals surface area contributed by atoms with Crippen LogP contribution in [0.5, 0.6) is 0 Å². The lowest BCUT2D eigenvalue weighted by molar-refractivity contribution is 1.08. The minimum atomic E-state index is 0.602. The van der Waals surface area contributed by atoms with Gasteiger partial charge in [0.2, 0.25) is 0 Å². The molecule has 0 unspecified atom stereocenters. The summed E-state index contributed by atoms with van der Waals surface area (Å²) in [6.45, 7) is 0. The summed E-state index contributed by atoms with van der Waals surface area (Å²) >= 11 is 0. The highest BCUT2D eigenvalue weighted by Gasteiger charge is 2.27. The van der Waals surface area contributed by atoms with Crippen LogP contribution in [0.2, 0.25) is 0 Å². The van der Waals surface area contributed by atoms with Gasteiger partial charge in [0.15, 0.2) is 17.5 Å². The maximum Gasteiger partial charge on any atom is 0.164 e. The monoisotopic (exact) mass is 815 g/mol. The maximum atomic E-state index is 5.42. The number of aromatic nitrogens is 4. The molecule has 0 saturated carbocycles. The van der Waals surface area contributed by atoms with E-state index in [1.807, 2.05) is 6.07 Å². The molecule has 0 amide bonds. The molecule has 298 valence electrons. The zero-order valence-corrected chi connectivity index (χ0v) is 34.6. The molecule has 2 aromatic heterocycles. The number of hydrogen-bond donors (Lipinski definition) is 0. The van der Waals surface area contributed by atoms with Crippen LogP contribution in [0.25, 0.3) is 105 Å². The summed E-state index contributed by atoms with van der Waals surface area (Å²) in [4.78, 5) is 18.5. The largest absolute Gasteiger partial charge is 0.309 e. The van der Waals surface area contributed by atoms with Crippen molar-refractivity contribution in [3.63, 3.8) is 0 Å². The normalized spacial score (nSPS) is 12.0. The summed E-state index contributed by atoms with van der Waals surface area (Å²) in [7, 11) is 0. The van der Waals surface area contributed by atoms with E-state index in [1.54, 1.807) is 0 Å². The average Bonchev–Trinajstić information content (AvgIpc) is 3.71. The fourth-order valence-electron chi connectivity index (χ4n) is 9.84. The van der Waals surface area contributed by atoms with Gasteiger partial charge in [0, 0.05) is 49.8 Å². The standard InChI is InChI=1S/C59H37N5/c1-3-16-38(17-4-1)40-22-11-23-43(34-40)57-60-58(62-59(61-57)49-30-15-33-53-56(49)48-28-9-10-31-51(48)63(53)45-25-5-2-6-26-45)44-24-12-27-46(35-44)64-52-32-14-21-39-20-13-29-47(55(39)52)50-36-41-18-7-8-19-42(41)37-54(50)64/h1-37H. The zero-order valence-electron chi connectivity index (χ0n) is 34.6. The van der Waals surface area contributed by atoms with Crippen LogP contribution in [0.4, 0.5) is 17.1 Å². The van der Waals surface area contributed by atoms with E-state index in [0.29, 0.717) is 17.5 Å². The van der Waals surface area contributed by atoms with Gasteiger partial charge in [-0.1, -0.05) is 164 Å². The molecule has 0 N–H and O–H groups in total. The van der Waals surface area contributed by atoms with Crippen LogP contribution in [0.15, 0.2) is 224 Å². The van der Waals surface area contributed by atoms with E-state index < -0.39 is 0 Å². The SMILES string of the molecule is c1ccc(-c2cccc(-c3nc(-c4cccc(N5c6cc7ccccc7cc6-c6cccc7cccc5c67)c4)nc(-c4cccc5c4c4ccccc4n5-c4ccccc4)n3)c2)cc1. The van der Waals surface area contributed by atoms with Crippen molar-refractivity contribution in [1.29, 1.82) is 0 Å². The summed E-state index contributed by atoms with van der Waals surface area (Å²) < 4.78 is 2.34. The molecule has 0 bridgehead atoms. The van der Waals surface area contributed by atoms with Gasteiger partial charge in [0.05, 0.1) is 22.4 Å². The molecule has 0 atom stereocenters. The minimum absolute atomic E-state index is 0.602. The van der Waals surface area contributed by atoms with Crippen LogP contribution in [0.3, 0.4) is 0 Å². The second-order valence-corrected chi connectivity index (χ2v) is 16.4. The summed E-state index contributed by atoms with van der Waals surface area (Å²) in [5.41, 5.74) is 14.1. The van der Waals surface area contributed by atoms with Gasteiger partial charge in [-0.15, -0.1) is 0 Å². The summed E-state index contributed by atoms with van der Waals surface area (Å²) in [6, 6.07) is 79.8. The number of fused-ring (bicyclic) bond motifs is 6. The van der Waals surface area contributed by atoms with E-state index in [1.165, 1.54) is 32.7 Å². The second kappa shape index (κ2) is 14.5. The van der Waals surface area contributed by atoms with Crippen LogP contribution < -0.4 is 4.90 Å². The number of para-hydroxylation sites is 2. The lowest BCUT2D eigenvalue weighted by Gasteiger charge is -2.34. The van der Waals surface area contributed by atoms with E-state index in [0.717, 1.165) is 72.4 Å². The molecule has 0 spiro atoms. The fourth-order valence-corrected chi connectivity index (χ4v) is 9.84. The Balaban J connectivity index is 1.04. The van der Waals surface area contributed by atoms with Crippen molar-refractivity contribution in [3.05, 3.63) is 224 Å². The van der Waals surface area contributed by atoms with Gasteiger partial charge in [-0.3, -0.25) is 0 Å². The van der Waals surface area contributed by atoms with E-state index in [2.05, 4.69) is 228 Å². The van der Waals surface area contributed by atoms with Crippen LogP contribution >= 0.6 is 0 Å². The molecule has 3 heterocycles. The molecule has 64 heavy (non-hydrogen) atoms. The van der Waals surface area contributed by atoms with Crippen molar-refractivity contribution in [3.8, 4) is 62.1 Å². The van der Waals surface area contributed by atoms with Crippen LogP contribution in [0, 0.1) is 0 Å². The lowest BCUT2D eigenvalue weighted by atomic mass is 9.89. The summed E-state index contributed by atoms with van der Waals surface area (Å²) in [5, 5.41) is 7.10. The molecular formula is C59H37N5. The number of benzene rings is 10. The molecule has 1 aliphatic rings. The van der Waals surface area contributed by atoms with Crippen molar-refractivity contribution < 1.29 is 0 Å². The predicted octanol–water partition coefficient (Wildman–Crippen LogP) is 15.4. The molecule has 10 aromatic carbocycles. The third-order valence-electron chi connectivity index (χ3n) is 12.7. The van der Waals surface area contributed by atoms with Gasteiger partial charge in [0.25, 0.3) is 0 Å². The van der Waals surface area contributed by atoms with Crippen molar-refractivity contribution in [2.75, 3.05) is 4.90 Å². The Bertz CT molecular complexity index is 3790. The van der Waals surface area contributed by atoms with Gasteiger partial charge in [0.1, 0.15) is 0 Å². The van der Waals surface area contributed by atoms with Crippen molar-refractivity contribution in [2.24, 2.45) is 0 Å². The minimum Gasteiger partial charge on any atom is -0.309 e. The summed E-state index contributed by atoms with van der Waals surface area (Å²) in [6.07, 6.45) is 0. The molecular weight excluding hydrogens is 779 g/mol. The van der Waals surface area contributed by atoms with Gasteiger partial charge in [-0.25, -0.2) is 15.0 Å². The fraction of sp³-hybridized carbons (Fsp3) is 0. The third kappa shape index (κ3) is 5.75. The van der Waals surface area contributed by atoms with Crippen LogP contribution in [0.1, 0.15) is 0 Å². The predicted molar refractivity (Wildman–Crippen MR) is 265 cm³/mol. The Labute approximate surface area is 369 Å². The van der Waals surface area contributed by atoms with E-state index >= 15 is 0 Å². The first-order valence-corrected chi connectivity index (χ1v) is 21.7. The molecule has 0 fully saturated rings. The topological polar surface area (TPSA) is 46.8 Å². The first kappa shape index (κ1) is 36.0. The average molecular weight is 816 g/mol. The first-order valence-electron chi connectivity index (χ1n) is 21.7. The molecule has 5 heteroatoms. The van der Waals surface area contributed by atoms with Gasteiger partial charge in [-0.05, 0) is 93.5 Å². The van der Waals surface area contributed by atoms with Gasteiger partial charge >= 0.3 is 0 Å². The highest BCUT2D eigenvalue weighted by Crippen LogP contribution is 2.52.